The molecular weight excluding hydrogens is 646 g/mol. The third-order valence-corrected chi connectivity index (χ3v) is 10.2. The van der Waals surface area contributed by atoms with Crippen LogP contribution >= 0.6 is 11.6 Å². The van der Waals surface area contributed by atoms with E-state index in [1.807, 2.05) is 49.4 Å². The summed E-state index contributed by atoms with van der Waals surface area (Å²) in [6.45, 7) is 9.77. The van der Waals surface area contributed by atoms with Gasteiger partial charge in [0.2, 0.25) is 11.8 Å². The molecule has 262 valence electrons. The maximum absolute atomic E-state index is 14.8. The Balaban J connectivity index is 1.47. The molecule has 5 rings (SSSR count). The summed E-state index contributed by atoms with van der Waals surface area (Å²) in [6, 6.07) is 13.0. The molecule has 2 aromatic rings. The Bertz CT molecular complexity index is 1530. The molecule has 6 atom stereocenters. The summed E-state index contributed by atoms with van der Waals surface area (Å²) in [4.78, 5) is 59.1. The first-order valence-electron chi connectivity index (χ1n) is 17.1. The van der Waals surface area contributed by atoms with E-state index in [-0.39, 0.29) is 50.4 Å². The number of carbonyl (C=O) groups is 4. The lowest BCUT2D eigenvalue weighted by Crippen LogP contribution is -2.56. The lowest BCUT2D eigenvalue weighted by molar-refractivity contribution is -0.146. The number of rotatable bonds is 17. The van der Waals surface area contributed by atoms with Crippen molar-refractivity contribution in [3.8, 4) is 0 Å². The quantitative estimate of drug-likeness (QED) is 0.135. The van der Waals surface area contributed by atoms with Crippen molar-refractivity contribution in [2.24, 2.45) is 11.8 Å². The van der Waals surface area contributed by atoms with E-state index >= 15 is 0 Å². The predicted molar refractivity (Wildman–Crippen MR) is 187 cm³/mol. The van der Waals surface area contributed by atoms with Crippen LogP contribution in [0.5, 0.6) is 0 Å². The molecule has 11 heteroatoms. The zero-order chi connectivity index (χ0) is 35.1. The third kappa shape index (κ3) is 7.32. The number of unbranched alkanes of at least 4 members (excludes halogenated alkanes) is 2. The Morgan fingerprint density at radius 3 is 2.61 bits per heavy atom. The number of para-hydroxylation sites is 1. The smallest absolute Gasteiger partial charge is 0.306 e. The molecule has 2 aromatic carbocycles. The zero-order valence-corrected chi connectivity index (χ0v) is 28.8. The Labute approximate surface area is 293 Å². The molecule has 3 aliphatic rings. The molecule has 0 unspecified atom stereocenters. The van der Waals surface area contributed by atoms with Gasteiger partial charge >= 0.3 is 5.97 Å². The summed E-state index contributed by atoms with van der Waals surface area (Å²) in [7, 11) is 0. The fourth-order valence-electron chi connectivity index (χ4n) is 7.72. The SMILES string of the molecule is C=CCCC(=O)OC[C@H](NC(=O)[C@@H]1[C@H]2C(=O)N(CCCCCO)[C@H](C(=O)N(CC=C)c3c(C)cccc3Cl)[C@]23CC[C@H]1O3)c1ccccc1. The fourth-order valence-corrected chi connectivity index (χ4v) is 8.04. The highest BCUT2D eigenvalue weighted by Crippen LogP contribution is 2.59. The second-order valence-corrected chi connectivity index (χ2v) is 13.4. The number of amides is 3. The van der Waals surface area contributed by atoms with Crippen molar-refractivity contribution < 1.29 is 33.8 Å². The van der Waals surface area contributed by atoms with Gasteiger partial charge in [-0.1, -0.05) is 66.2 Å². The molecule has 0 saturated carbocycles. The van der Waals surface area contributed by atoms with Crippen LogP contribution < -0.4 is 10.2 Å². The monoisotopic (exact) mass is 691 g/mol. The number of hydrogen-bond donors (Lipinski definition) is 2. The molecule has 0 radical (unpaired) electrons. The maximum atomic E-state index is 14.8. The van der Waals surface area contributed by atoms with Crippen molar-refractivity contribution in [1.29, 1.82) is 0 Å². The van der Waals surface area contributed by atoms with Gasteiger partial charge in [-0.05, 0) is 62.6 Å². The van der Waals surface area contributed by atoms with Gasteiger partial charge in [0, 0.05) is 26.1 Å². The number of esters is 1. The number of aryl methyl sites for hydroxylation is 1. The minimum absolute atomic E-state index is 0.0287. The van der Waals surface area contributed by atoms with E-state index < -0.39 is 41.6 Å². The Kier molecular flexibility index (Phi) is 12.0. The van der Waals surface area contributed by atoms with Crippen molar-refractivity contribution in [2.45, 2.75) is 75.7 Å². The van der Waals surface area contributed by atoms with Gasteiger partial charge in [0.1, 0.15) is 18.2 Å². The zero-order valence-electron chi connectivity index (χ0n) is 28.0. The average molecular weight is 692 g/mol. The van der Waals surface area contributed by atoms with Crippen LogP contribution in [-0.4, -0.2) is 77.7 Å². The second kappa shape index (κ2) is 16.1. The fraction of sp³-hybridized carbons (Fsp3) is 0.474. The molecular formula is C38H46ClN3O7. The second-order valence-electron chi connectivity index (χ2n) is 13.0. The van der Waals surface area contributed by atoms with E-state index in [0.717, 1.165) is 11.1 Å². The number of likely N-dealkylation sites (tertiary alicyclic amines) is 1. The number of carbonyl (C=O) groups excluding carboxylic acids is 4. The van der Waals surface area contributed by atoms with E-state index in [2.05, 4.69) is 18.5 Å². The first kappa shape index (κ1) is 36.3. The van der Waals surface area contributed by atoms with Crippen molar-refractivity contribution in [3.63, 3.8) is 0 Å². The molecule has 3 heterocycles. The third-order valence-electron chi connectivity index (χ3n) is 9.91. The van der Waals surface area contributed by atoms with Gasteiger partial charge < -0.3 is 29.7 Å². The van der Waals surface area contributed by atoms with E-state index in [4.69, 9.17) is 21.1 Å². The maximum Gasteiger partial charge on any atom is 0.306 e. The minimum atomic E-state index is -1.22. The number of nitrogens with zero attached hydrogens (tertiary/aromatic N) is 2. The highest BCUT2D eigenvalue weighted by atomic mass is 35.5. The van der Waals surface area contributed by atoms with Crippen molar-refractivity contribution in [1.82, 2.24) is 10.2 Å². The molecule has 0 aromatic heterocycles. The van der Waals surface area contributed by atoms with Crippen molar-refractivity contribution >= 4 is 41.0 Å². The topological polar surface area (TPSA) is 125 Å². The molecule has 3 amide bonds. The van der Waals surface area contributed by atoms with Crippen LogP contribution in [0.4, 0.5) is 5.69 Å². The van der Waals surface area contributed by atoms with Crippen LogP contribution in [0.15, 0.2) is 73.8 Å². The van der Waals surface area contributed by atoms with Crippen LogP contribution in [0.2, 0.25) is 5.02 Å². The van der Waals surface area contributed by atoms with E-state index in [1.165, 1.54) is 0 Å². The van der Waals surface area contributed by atoms with Gasteiger partial charge in [0.25, 0.3) is 5.91 Å². The van der Waals surface area contributed by atoms with Crippen LogP contribution in [0.3, 0.4) is 0 Å². The molecule has 0 aliphatic carbocycles. The number of anilines is 1. The number of ether oxygens (including phenoxy) is 2. The Hall–Kier alpha value is -3.99. The molecule has 3 aliphatic heterocycles. The average Bonchev–Trinajstić information content (AvgIpc) is 3.74. The Morgan fingerprint density at radius 1 is 1.14 bits per heavy atom. The molecule has 2 bridgehead atoms. The standard InChI is InChI=1S/C38H46ClN3O7/c1-4-6-18-30(44)48-24-28(26-15-9-7-10-16-26)40-35(45)31-29-19-20-38(49-29)32(31)36(46)42(22-11-8-12-23-43)34(38)37(47)41(21-5-2)33-25(3)14-13-17-27(33)39/h4-5,7,9-10,13-17,28-29,31-32,34,43H,1-2,6,8,11-12,18-24H2,3H3,(H,40,45)/t28-,29+,31-,32-,34+,38-/m0/s1. The summed E-state index contributed by atoms with van der Waals surface area (Å²) in [6.07, 6.45) is 6.09. The van der Waals surface area contributed by atoms with E-state index in [0.29, 0.717) is 49.2 Å². The summed E-state index contributed by atoms with van der Waals surface area (Å²) in [5, 5.41) is 12.8. The van der Waals surface area contributed by atoms with E-state index in [1.54, 1.807) is 28.0 Å². The number of halogens is 1. The van der Waals surface area contributed by atoms with Crippen molar-refractivity contribution in [3.05, 3.63) is 90.0 Å². The number of hydrogen-bond acceptors (Lipinski definition) is 7. The molecule has 3 fully saturated rings. The van der Waals surface area contributed by atoms with Gasteiger partial charge in [0.15, 0.2) is 0 Å². The number of nitrogens with one attached hydrogen (secondary N) is 1. The number of fused-ring (bicyclic) bond motifs is 1. The van der Waals surface area contributed by atoms with Crippen LogP contribution in [-0.2, 0) is 28.7 Å². The van der Waals surface area contributed by atoms with Gasteiger partial charge in [-0.3, -0.25) is 19.2 Å². The molecule has 3 saturated heterocycles. The number of benzene rings is 2. The van der Waals surface area contributed by atoms with E-state index in [9.17, 15) is 24.3 Å². The van der Waals surface area contributed by atoms with Crippen LogP contribution in [0, 0.1) is 18.8 Å². The molecule has 2 N–H and O–H groups in total. The molecule has 49 heavy (non-hydrogen) atoms. The summed E-state index contributed by atoms with van der Waals surface area (Å²) in [5.41, 5.74) is 0.863. The lowest BCUT2D eigenvalue weighted by atomic mass is 9.70. The number of aliphatic hydroxyl groups is 1. The van der Waals surface area contributed by atoms with Gasteiger partial charge in [-0.2, -0.15) is 0 Å². The normalized spacial score (nSPS) is 24.3. The number of allylic oxidation sites excluding steroid dienone is 1. The largest absolute Gasteiger partial charge is 0.463 e. The van der Waals surface area contributed by atoms with Gasteiger partial charge in [-0.15, -0.1) is 13.2 Å². The first-order chi connectivity index (χ1) is 23.7. The highest BCUT2D eigenvalue weighted by molar-refractivity contribution is 6.34. The first-order valence-corrected chi connectivity index (χ1v) is 17.4. The van der Waals surface area contributed by atoms with Gasteiger partial charge in [-0.25, -0.2) is 0 Å². The summed E-state index contributed by atoms with van der Waals surface area (Å²) in [5.74, 6) is -3.17. The highest BCUT2D eigenvalue weighted by Gasteiger charge is 2.74. The van der Waals surface area contributed by atoms with Gasteiger partial charge in [0.05, 0.1) is 34.7 Å². The summed E-state index contributed by atoms with van der Waals surface area (Å²) < 4.78 is 12.2. The lowest BCUT2D eigenvalue weighted by Gasteiger charge is -2.37. The van der Waals surface area contributed by atoms with Crippen LogP contribution in [0.1, 0.15) is 62.1 Å². The van der Waals surface area contributed by atoms with Crippen LogP contribution in [0.25, 0.3) is 0 Å². The minimum Gasteiger partial charge on any atom is -0.463 e. The Morgan fingerprint density at radius 2 is 1.92 bits per heavy atom. The molecule has 1 spiro atoms. The predicted octanol–water partition coefficient (Wildman–Crippen LogP) is 5.07. The number of aliphatic hydroxyl groups excluding tert-OH is 1. The molecule has 10 nitrogen and oxygen atoms in total. The summed E-state index contributed by atoms with van der Waals surface area (Å²) >= 11 is 6.66. The van der Waals surface area contributed by atoms with Crippen molar-refractivity contribution in [2.75, 3.05) is 31.2 Å².